The maximum absolute atomic E-state index is 14.5. The Morgan fingerprint density at radius 2 is 2.00 bits per heavy atom. The quantitative estimate of drug-likeness (QED) is 0.518. The van der Waals surface area contributed by atoms with Crippen LogP contribution in [-0.4, -0.2) is 66.6 Å². The van der Waals surface area contributed by atoms with Crippen molar-refractivity contribution in [3.05, 3.63) is 78.4 Å². The van der Waals surface area contributed by atoms with Gasteiger partial charge < -0.3 is 9.84 Å². The summed E-state index contributed by atoms with van der Waals surface area (Å²) in [6.07, 6.45) is 3.18. The summed E-state index contributed by atoms with van der Waals surface area (Å²) in [6, 6.07) is 14.3. The highest BCUT2D eigenvalue weighted by molar-refractivity contribution is 7.89. The highest BCUT2D eigenvalue weighted by Crippen LogP contribution is 2.37. The second kappa shape index (κ2) is 11.0. The van der Waals surface area contributed by atoms with Crippen LogP contribution < -0.4 is 4.74 Å². The number of aromatic nitrogens is 1. The number of pyridine rings is 1. The number of aliphatic hydroxyl groups is 1. The average molecular weight is 514 g/mol. The Bertz CT molecular complexity index is 1290. The number of likely N-dealkylation sites (N-methyl/N-ethyl adjacent to an activating group) is 1. The number of hydrogen-bond acceptors (Lipinski definition) is 6. The van der Waals surface area contributed by atoms with Gasteiger partial charge in [-0.3, -0.25) is 9.88 Å². The van der Waals surface area contributed by atoms with Crippen LogP contribution in [0.3, 0.4) is 0 Å². The lowest BCUT2D eigenvalue weighted by Gasteiger charge is -2.37. The third-order valence-corrected chi connectivity index (χ3v) is 8.54. The van der Waals surface area contributed by atoms with E-state index >= 15 is 0 Å². The fraction of sp³-hybridized carbons (Fsp3) is 0.370. The Labute approximate surface area is 212 Å². The van der Waals surface area contributed by atoms with Crippen molar-refractivity contribution in [2.45, 2.75) is 37.4 Å². The van der Waals surface area contributed by atoms with Crippen LogP contribution in [0.1, 0.15) is 19.4 Å². The number of sulfonamides is 1. The third-order valence-electron chi connectivity index (χ3n) is 6.52. The molecule has 0 aliphatic carbocycles. The number of aliphatic hydroxyl groups excluding tert-OH is 1. The molecule has 9 heteroatoms. The summed E-state index contributed by atoms with van der Waals surface area (Å²) in [5.74, 6) is -0.407. The van der Waals surface area contributed by atoms with Crippen molar-refractivity contribution in [3.8, 4) is 16.9 Å². The first-order valence-electron chi connectivity index (χ1n) is 12.0. The molecule has 36 heavy (non-hydrogen) atoms. The van der Waals surface area contributed by atoms with Gasteiger partial charge in [-0.15, -0.1) is 0 Å². The predicted octanol–water partition coefficient (Wildman–Crippen LogP) is 3.79. The minimum Gasteiger partial charge on any atom is -0.487 e. The van der Waals surface area contributed by atoms with Crippen molar-refractivity contribution < 1.29 is 22.7 Å². The molecule has 0 saturated carbocycles. The van der Waals surface area contributed by atoms with Crippen LogP contribution in [-0.2, 0) is 16.6 Å². The summed E-state index contributed by atoms with van der Waals surface area (Å²) in [7, 11) is -1.99. The van der Waals surface area contributed by atoms with Crippen LogP contribution in [0, 0.1) is 11.7 Å². The maximum Gasteiger partial charge on any atom is 0.247 e. The molecule has 3 aromatic rings. The fourth-order valence-electron chi connectivity index (χ4n) is 4.48. The predicted molar refractivity (Wildman–Crippen MR) is 136 cm³/mol. The van der Waals surface area contributed by atoms with E-state index in [-0.39, 0.29) is 35.8 Å². The molecule has 0 amide bonds. The van der Waals surface area contributed by atoms with Crippen LogP contribution >= 0.6 is 0 Å². The van der Waals surface area contributed by atoms with Gasteiger partial charge in [-0.05, 0) is 49.4 Å². The Morgan fingerprint density at radius 1 is 1.22 bits per heavy atom. The second-order valence-corrected chi connectivity index (χ2v) is 11.3. The lowest BCUT2D eigenvalue weighted by molar-refractivity contribution is 0.0734. The van der Waals surface area contributed by atoms with E-state index in [2.05, 4.69) is 9.88 Å². The molecule has 1 aliphatic rings. The summed E-state index contributed by atoms with van der Waals surface area (Å²) >= 11 is 0. The molecule has 0 spiro atoms. The Kier molecular flexibility index (Phi) is 8.04. The number of nitrogens with zero attached hydrogens (tertiary/aromatic N) is 3. The van der Waals surface area contributed by atoms with Crippen molar-refractivity contribution in [2.75, 3.05) is 26.7 Å². The van der Waals surface area contributed by atoms with Crippen molar-refractivity contribution in [3.63, 3.8) is 0 Å². The fourth-order valence-corrected chi connectivity index (χ4v) is 6.31. The van der Waals surface area contributed by atoms with E-state index in [1.807, 2.05) is 32.3 Å². The molecule has 3 atom stereocenters. The molecule has 0 saturated heterocycles. The average Bonchev–Trinajstić information content (AvgIpc) is 2.86. The zero-order valence-corrected chi connectivity index (χ0v) is 21.5. The topological polar surface area (TPSA) is 83.0 Å². The maximum atomic E-state index is 14.5. The van der Waals surface area contributed by atoms with Crippen LogP contribution in [0.25, 0.3) is 11.1 Å². The first-order valence-corrected chi connectivity index (χ1v) is 13.4. The number of rotatable bonds is 7. The van der Waals surface area contributed by atoms with Gasteiger partial charge in [0.25, 0.3) is 0 Å². The zero-order chi connectivity index (χ0) is 25.9. The van der Waals surface area contributed by atoms with Crippen LogP contribution in [0.5, 0.6) is 5.75 Å². The van der Waals surface area contributed by atoms with Gasteiger partial charge in [0, 0.05) is 49.6 Å². The van der Waals surface area contributed by atoms with Gasteiger partial charge in [0.2, 0.25) is 10.0 Å². The Hall–Kier alpha value is -2.85. The minimum absolute atomic E-state index is 0.00898. The number of ether oxygens (including phenoxy) is 1. The van der Waals surface area contributed by atoms with E-state index in [1.165, 1.54) is 16.4 Å². The summed E-state index contributed by atoms with van der Waals surface area (Å²) in [6.45, 7) is 4.70. The standard InChI is InChI=1S/C27H32FN3O4S/c1-19-15-31(20(2)18-32)36(33,34)27-11-10-22(23-8-4-5-9-24(23)28)13-25(27)35-26(19)17-30(3)16-21-7-6-12-29-14-21/h4-14,19-20,26,32H,15-18H2,1-3H3/t19-,20-,26-/m1/s1. The molecule has 7 nitrogen and oxygen atoms in total. The monoisotopic (exact) mass is 513 g/mol. The minimum atomic E-state index is -3.96. The number of fused-ring (bicyclic) bond motifs is 1. The molecule has 4 rings (SSSR count). The van der Waals surface area contributed by atoms with Crippen molar-refractivity contribution in [1.82, 2.24) is 14.2 Å². The molecule has 1 aromatic heterocycles. The summed E-state index contributed by atoms with van der Waals surface area (Å²) in [5, 5.41) is 9.82. The van der Waals surface area contributed by atoms with Gasteiger partial charge in [0.05, 0.1) is 6.61 Å². The van der Waals surface area contributed by atoms with Gasteiger partial charge in [-0.25, -0.2) is 12.8 Å². The molecule has 0 bridgehead atoms. The lowest BCUT2D eigenvalue weighted by Crippen LogP contribution is -2.49. The van der Waals surface area contributed by atoms with E-state index in [1.54, 1.807) is 43.5 Å². The molecule has 192 valence electrons. The summed E-state index contributed by atoms with van der Waals surface area (Å²) < 4.78 is 49.6. The molecule has 2 heterocycles. The van der Waals surface area contributed by atoms with Gasteiger partial charge in [-0.1, -0.05) is 37.3 Å². The van der Waals surface area contributed by atoms with Crippen LogP contribution in [0.15, 0.2) is 71.9 Å². The normalized spacial score (nSPS) is 20.7. The van der Waals surface area contributed by atoms with Gasteiger partial charge in [0.15, 0.2) is 0 Å². The molecule has 2 aromatic carbocycles. The van der Waals surface area contributed by atoms with Gasteiger partial charge in [-0.2, -0.15) is 4.31 Å². The van der Waals surface area contributed by atoms with Crippen molar-refractivity contribution >= 4 is 10.0 Å². The van der Waals surface area contributed by atoms with Crippen molar-refractivity contribution in [2.24, 2.45) is 5.92 Å². The van der Waals surface area contributed by atoms with Crippen LogP contribution in [0.4, 0.5) is 4.39 Å². The number of halogens is 1. The van der Waals surface area contributed by atoms with E-state index in [0.29, 0.717) is 24.2 Å². The molecule has 1 N–H and O–H groups in total. The van der Waals surface area contributed by atoms with Crippen LogP contribution in [0.2, 0.25) is 0 Å². The summed E-state index contributed by atoms with van der Waals surface area (Å²) in [5.41, 5.74) is 1.94. The molecule has 0 radical (unpaired) electrons. The Morgan fingerprint density at radius 3 is 2.69 bits per heavy atom. The molecule has 1 aliphatic heterocycles. The highest BCUT2D eigenvalue weighted by Gasteiger charge is 2.38. The van der Waals surface area contributed by atoms with E-state index in [0.717, 1.165) is 5.56 Å². The largest absolute Gasteiger partial charge is 0.487 e. The molecular weight excluding hydrogens is 481 g/mol. The number of benzene rings is 2. The highest BCUT2D eigenvalue weighted by atomic mass is 32.2. The van der Waals surface area contributed by atoms with Gasteiger partial charge in [0.1, 0.15) is 22.6 Å². The molecular formula is C27H32FN3O4S. The SMILES string of the molecule is C[C@@H]1CN([C@H](C)CO)S(=O)(=O)c2ccc(-c3ccccc3F)cc2O[C@@H]1CN(C)Cc1cccnc1. The lowest BCUT2D eigenvalue weighted by atomic mass is 10.0. The molecule has 0 unspecified atom stereocenters. The van der Waals surface area contributed by atoms with Crippen molar-refractivity contribution in [1.29, 1.82) is 0 Å². The number of hydrogen-bond donors (Lipinski definition) is 1. The third kappa shape index (κ3) is 5.59. The van der Waals surface area contributed by atoms with Gasteiger partial charge >= 0.3 is 0 Å². The van der Waals surface area contributed by atoms with E-state index in [4.69, 9.17) is 4.74 Å². The summed E-state index contributed by atoms with van der Waals surface area (Å²) in [4.78, 5) is 6.29. The smallest absolute Gasteiger partial charge is 0.247 e. The zero-order valence-electron chi connectivity index (χ0n) is 20.7. The first-order chi connectivity index (χ1) is 17.2. The van der Waals surface area contributed by atoms with E-state index in [9.17, 15) is 17.9 Å². The first kappa shape index (κ1) is 26.2. The molecule has 0 fully saturated rings. The van der Waals surface area contributed by atoms with E-state index < -0.39 is 21.9 Å². The Balaban J connectivity index is 1.74. The second-order valence-electron chi connectivity index (χ2n) is 9.44.